The molecule has 0 saturated heterocycles. The minimum absolute atomic E-state index is 0.0648. The standard InChI is InChI=1S/C9H15NO2/c1-6(2)12-9-4-8(11)3-7(9)5-10/h6-9,11H,3-4H2,1-2H3/t7-,8-,9+/m1/s1. The summed E-state index contributed by atoms with van der Waals surface area (Å²) in [4.78, 5) is 0. The van der Waals surface area contributed by atoms with E-state index >= 15 is 0 Å². The van der Waals surface area contributed by atoms with E-state index in [1.54, 1.807) is 0 Å². The number of aliphatic hydroxyl groups is 1. The Morgan fingerprint density at radius 2 is 2.17 bits per heavy atom. The molecular formula is C9H15NO2. The largest absolute Gasteiger partial charge is 0.393 e. The quantitative estimate of drug-likeness (QED) is 0.672. The molecule has 0 heterocycles. The van der Waals surface area contributed by atoms with Crippen LogP contribution >= 0.6 is 0 Å². The minimum Gasteiger partial charge on any atom is -0.393 e. The molecule has 68 valence electrons. The van der Waals surface area contributed by atoms with E-state index in [-0.39, 0.29) is 24.2 Å². The Bertz CT molecular complexity index is 185. The van der Waals surface area contributed by atoms with Crippen molar-refractivity contribution in [2.45, 2.75) is 45.0 Å². The van der Waals surface area contributed by atoms with Crippen LogP contribution in [0.3, 0.4) is 0 Å². The molecule has 0 bridgehead atoms. The molecule has 0 aromatic rings. The molecule has 0 aliphatic heterocycles. The highest BCUT2D eigenvalue weighted by molar-refractivity contribution is 4.97. The van der Waals surface area contributed by atoms with Gasteiger partial charge in [0.05, 0.1) is 30.3 Å². The van der Waals surface area contributed by atoms with Crippen molar-refractivity contribution in [3.05, 3.63) is 0 Å². The summed E-state index contributed by atoms with van der Waals surface area (Å²) < 4.78 is 5.50. The van der Waals surface area contributed by atoms with E-state index in [1.165, 1.54) is 0 Å². The summed E-state index contributed by atoms with van der Waals surface area (Å²) in [6.45, 7) is 3.89. The van der Waals surface area contributed by atoms with E-state index < -0.39 is 0 Å². The third-order valence-corrected chi connectivity index (χ3v) is 2.09. The zero-order chi connectivity index (χ0) is 9.14. The van der Waals surface area contributed by atoms with Crippen LogP contribution < -0.4 is 0 Å². The maximum absolute atomic E-state index is 9.28. The first-order valence-corrected chi connectivity index (χ1v) is 4.36. The van der Waals surface area contributed by atoms with Gasteiger partial charge in [0.1, 0.15) is 0 Å². The molecule has 0 aromatic carbocycles. The smallest absolute Gasteiger partial charge is 0.0762 e. The van der Waals surface area contributed by atoms with E-state index in [1.807, 2.05) is 13.8 Å². The molecule has 1 aliphatic rings. The van der Waals surface area contributed by atoms with Crippen molar-refractivity contribution in [2.75, 3.05) is 0 Å². The molecule has 3 heteroatoms. The first-order valence-electron chi connectivity index (χ1n) is 4.36. The average Bonchev–Trinajstić information content (AvgIpc) is 2.29. The molecular weight excluding hydrogens is 154 g/mol. The summed E-state index contributed by atoms with van der Waals surface area (Å²) >= 11 is 0. The van der Waals surface area contributed by atoms with Gasteiger partial charge in [-0.15, -0.1) is 0 Å². The van der Waals surface area contributed by atoms with E-state index in [4.69, 9.17) is 10.00 Å². The van der Waals surface area contributed by atoms with Gasteiger partial charge >= 0.3 is 0 Å². The number of aliphatic hydroxyl groups excluding tert-OH is 1. The summed E-state index contributed by atoms with van der Waals surface area (Å²) in [5, 5.41) is 18.0. The lowest BCUT2D eigenvalue weighted by molar-refractivity contribution is -0.00668. The Hall–Kier alpha value is -0.590. The molecule has 0 spiro atoms. The lowest BCUT2D eigenvalue weighted by Crippen LogP contribution is -2.21. The maximum atomic E-state index is 9.28. The molecule has 0 aromatic heterocycles. The summed E-state index contributed by atoms with van der Waals surface area (Å²) in [6.07, 6.45) is 0.893. The number of ether oxygens (including phenoxy) is 1. The Morgan fingerprint density at radius 3 is 2.67 bits per heavy atom. The molecule has 1 rings (SSSR count). The van der Waals surface area contributed by atoms with Crippen molar-refractivity contribution < 1.29 is 9.84 Å². The van der Waals surface area contributed by atoms with Gasteiger partial charge in [-0.25, -0.2) is 0 Å². The molecule has 1 saturated carbocycles. The fraction of sp³-hybridized carbons (Fsp3) is 0.889. The molecule has 1 N–H and O–H groups in total. The zero-order valence-corrected chi connectivity index (χ0v) is 7.53. The van der Waals surface area contributed by atoms with Gasteiger partial charge in [0.2, 0.25) is 0 Å². The predicted molar refractivity (Wildman–Crippen MR) is 44.4 cm³/mol. The zero-order valence-electron chi connectivity index (χ0n) is 7.53. The fourth-order valence-corrected chi connectivity index (χ4v) is 1.61. The SMILES string of the molecule is CC(C)O[C@H]1C[C@H](O)C[C@@H]1C#N. The Kier molecular flexibility index (Phi) is 3.07. The van der Waals surface area contributed by atoms with Gasteiger partial charge < -0.3 is 9.84 Å². The topological polar surface area (TPSA) is 53.2 Å². The highest BCUT2D eigenvalue weighted by Crippen LogP contribution is 2.28. The van der Waals surface area contributed by atoms with Crippen LogP contribution in [0, 0.1) is 17.2 Å². The van der Waals surface area contributed by atoms with Crippen LogP contribution in [-0.2, 0) is 4.74 Å². The number of hydrogen-bond donors (Lipinski definition) is 1. The van der Waals surface area contributed by atoms with Crippen LogP contribution in [0.25, 0.3) is 0 Å². The van der Waals surface area contributed by atoms with Gasteiger partial charge in [0.15, 0.2) is 0 Å². The van der Waals surface area contributed by atoms with Gasteiger partial charge in [-0.3, -0.25) is 0 Å². The lowest BCUT2D eigenvalue weighted by atomic mass is 10.1. The minimum atomic E-state index is -0.349. The van der Waals surface area contributed by atoms with E-state index in [0.29, 0.717) is 12.8 Å². The van der Waals surface area contributed by atoms with Crippen LogP contribution in [0.5, 0.6) is 0 Å². The fourth-order valence-electron chi connectivity index (χ4n) is 1.61. The highest BCUT2D eigenvalue weighted by atomic mass is 16.5. The van der Waals surface area contributed by atoms with Crippen molar-refractivity contribution in [2.24, 2.45) is 5.92 Å². The van der Waals surface area contributed by atoms with Gasteiger partial charge in [-0.1, -0.05) is 0 Å². The summed E-state index contributed by atoms with van der Waals surface area (Å²) in [7, 11) is 0. The Balaban J connectivity index is 2.47. The normalized spacial score (nSPS) is 35.4. The van der Waals surface area contributed by atoms with Crippen molar-refractivity contribution in [1.29, 1.82) is 5.26 Å². The second-order valence-electron chi connectivity index (χ2n) is 3.58. The number of rotatable bonds is 2. The maximum Gasteiger partial charge on any atom is 0.0762 e. The van der Waals surface area contributed by atoms with Crippen molar-refractivity contribution in [1.82, 2.24) is 0 Å². The second-order valence-corrected chi connectivity index (χ2v) is 3.58. The first-order chi connectivity index (χ1) is 5.63. The molecule has 0 amide bonds. The van der Waals surface area contributed by atoms with E-state index in [2.05, 4.69) is 6.07 Å². The van der Waals surface area contributed by atoms with E-state index in [9.17, 15) is 5.11 Å². The van der Waals surface area contributed by atoms with Crippen LogP contribution in [0.1, 0.15) is 26.7 Å². The van der Waals surface area contributed by atoms with Gasteiger partial charge in [0, 0.05) is 6.42 Å². The summed E-state index contributed by atoms with van der Waals surface area (Å²) in [5.74, 6) is -0.123. The molecule has 12 heavy (non-hydrogen) atoms. The van der Waals surface area contributed by atoms with Gasteiger partial charge in [-0.2, -0.15) is 5.26 Å². The Labute approximate surface area is 73.0 Å². The van der Waals surface area contributed by atoms with Crippen LogP contribution in [0.2, 0.25) is 0 Å². The molecule has 3 atom stereocenters. The highest BCUT2D eigenvalue weighted by Gasteiger charge is 2.34. The third-order valence-electron chi connectivity index (χ3n) is 2.09. The summed E-state index contributed by atoms with van der Waals surface area (Å²) in [5.41, 5.74) is 0. The van der Waals surface area contributed by atoms with Crippen molar-refractivity contribution >= 4 is 0 Å². The van der Waals surface area contributed by atoms with E-state index in [0.717, 1.165) is 0 Å². The first kappa shape index (κ1) is 9.50. The molecule has 0 unspecified atom stereocenters. The molecule has 0 radical (unpaired) electrons. The molecule has 3 nitrogen and oxygen atoms in total. The van der Waals surface area contributed by atoms with Crippen molar-refractivity contribution in [3.8, 4) is 6.07 Å². The molecule has 1 aliphatic carbocycles. The lowest BCUT2D eigenvalue weighted by Gasteiger charge is -2.17. The monoisotopic (exact) mass is 169 g/mol. The number of hydrogen-bond acceptors (Lipinski definition) is 3. The predicted octanol–water partition coefficient (Wildman–Crippen LogP) is 1.07. The van der Waals surface area contributed by atoms with Crippen LogP contribution in [-0.4, -0.2) is 23.4 Å². The number of nitrogens with zero attached hydrogens (tertiary/aromatic N) is 1. The summed E-state index contributed by atoms with van der Waals surface area (Å²) in [6, 6.07) is 2.16. The number of nitriles is 1. The van der Waals surface area contributed by atoms with Crippen LogP contribution in [0.4, 0.5) is 0 Å². The van der Waals surface area contributed by atoms with Crippen molar-refractivity contribution in [3.63, 3.8) is 0 Å². The van der Waals surface area contributed by atoms with Gasteiger partial charge in [0.25, 0.3) is 0 Å². The van der Waals surface area contributed by atoms with Gasteiger partial charge in [-0.05, 0) is 20.3 Å². The van der Waals surface area contributed by atoms with Crippen LogP contribution in [0.15, 0.2) is 0 Å². The average molecular weight is 169 g/mol. The third kappa shape index (κ3) is 2.20. The second kappa shape index (κ2) is 3.88. The molecule has 1 fully saturated rings. The Morgan fingerprint density at radius 1 is 1.50 bits per heavy atom.